The molecule has 15 heavy (non-hydrogen) atoms. The van der Waals surface area contributed by atoms with E-state index in [0.717, 1.165) is 13.2 Å². The van der Waals surface area contributed by atoms with Gasteiger partial charge in [-0.05, 0) is 28.7 Å². The number of esters is 1. The van der Waals surface area contributed by atoms with Gasteiger partial charge >= 0.3 is 12.1 Å². The Kier molecular flexibility index (Phi) is 3.53. The number of hydrogen-bond donors (Lipinski definition) is 0. The minimum atomic E-state index is -4.51. The lowest BCUT2D eigenvalue weighted by Crippen LogP contribution is -2.11. The Labute approximate surface area is 96.8 Å². The molecular formula is C8H5F3INO2. The number of halogens is 4. The number of alkyl halides is 3. The van der Waals surface area contributed by atoms with E-state index in [1.165, 1.54) is 0 Å². The van der Waals surface area contributed by atoms with Crippen molar-refractivity contribution in [3.05, 3.63) is 27.1 Å². The van der Waals surface area contributed by atoms with Crippen molar-refractivity contribution >= 4 is 28.6 Å². The smallest absolute Gasteiger partial charge is 0.417 e. The van der Waals surface area contributed by atoms with Crippen molar-refractivity contribution < 1.29 is 22.7 Å². The van der Waals surface area contributed by atoms with Gasteiger partial charge in [0.1, 0.15) is 3.70 Å². The molecule has 0 radical (unpaired) electrons. The summed E-state index contributed by atoms with van der Waals surface area (Å²) in [6.07, 6.45) is -3.84. The van der Waals surface area contributed by atoms with Crippen molar-refractivity contribution in [2.24, 2.45) is 0 Å². The highest BCUT2D eigenvalue weighted by atomic mass is 127. The van der Waals surface area contributed by atoms with E-state index < -0.39 is 17.7 Å². The third kappa shape index (κ3) is 2.80. The highest BCUT2D eigenvalue weighted by Gasteiger charge is 2.32. The molecule has 0 atom stereocenters. The van der Waals surface area contributed by atoms with E-state index in [4.69, 9.17) is 0 Å². The molecule has 0 aromatic carbocycles. The molecule has 0 aliphatic carbocycles. The molecule has 3 nitrogen and oxygen atoms in total. The van der Waals surface area contributed by atoms with Gasteiger partial charge in [-0.2, -0.15) is 13.2 Å². The van der Waals surface area contributed by atoms with Gasteiger partial charge in [-0.3, -0.25) is 0 Å². The average Bonchev–Trinajstić information content (AvgIpc) is 2.15. The van der Waals surface area contributed by atoms with Crippen molar-refractivity contribution in [2.75, 3.05) is 7.11 Å². The maximum Gasteiger partial charge on any atom is 0.417 e. The van der Waals surface area contributed by atoms with Crippen molar-refractivity contribution in [1.29, 1.82) is 0 Å². The van der Waals surface area contributed by atoms with Gasteiger partial charge in [0.05, 0.1) is 18.2 Å². The number of carbonyl (C=O) groups excluding carboxylic acids is 1. The van der Waals surface area contributed by atoms with Crippen molar-refractivity contribution in [3.8, 4) is 0 Å². The highest BCUT2D eigenvalue weighted by molar-refractivity contribution is 14.1. The number of hydrogen-bond acceptors (Lipinski definition) is 3. The summed E-state index contributed by atoms with van der Waals surface area (Å²) in [6.45, 7) is 0. The Morgan fingerprint density at radius 3 is 2.60 bits per heavy atom. The first-order chi connectivity index (χ1) is 6.86. The first-order valence-electron chi connectivity index (χ1n) is 3.67. The molecule has 1 aromatic rings. The standard InChI is InChI=1S/C8H5F3INO2/c1-15-7(14)5-2-4(8(9,10)11)3-13-6(5)12/h2-3H,1H3. The summed E-state index contributed by atoms with van der Waals surface area (Å²) in [5, 5.41) is 0. The molecule has 1 aromatic heterocycles. The molecular weight excluding hydrogens is 326 g/mol. The predicted molar refractivity (Wildman–Crippen MR) is 53.3 cm³/mol. The number of rotatable bonds is 1. The van der Waals surface area contributed by atoms with Crippen LogP contribution in [0.1, 0.15) is 15.9 Å². The molecule has 0 N–H and O–H groups in total. The van der Waals surface area contributed by atoms with Crippen LogP contribution in [0, 0.1) is 3.70 Å². The third-order valence-corrected chi connectivity index (χ3v) is 2.43. The van der Waals surface area contributed by atoms with Crippen LogP contribution in [0.15, 0.2) is 12.3 Å². The second kappa shape index (κ2) is 4.33. The summed E-state index contributed by atoms with van der Waals surface area (Å²) in [7, 11) is 1.10. The fraction of sp³-hybridized carbons (Fsp3) is 0.250. The van der Waals surface area contributed by atoms with Gasteiger partial charge in [-0.15, -0.1) is 0 Å². The van der Waals surface area contributed by atoms with Crippen LogP contribution in [-0.2, 0) is 10.9 Å². The monoisotopic (exact) mass is 331 g/mol. The molecule has 0 aliphatic heterocycles. The SMILES string of the molecule is COC(=O)c1cc(C(F)(F)F)cnc1I. The zero-order chi connectivity index (χ0) is 11.6. The number of nitrogens with zero attached hydrogens (tertiary/aromatic N) is 1. The van der Waals surface area contributed by atoms with E-state index in [0.29, 0.717) is 6.20 Å². The highest BCUT2D eigenvalue weighted by Crippen LogP contribution is 2.30. The zero-order valence-electron chi connectivity index (χ0n) is 7.43. The Morgan fingerprint density at radius 1 is 1.53 bits per heavy atom. The van der Waals surface area contributed by atoms with E-state index >= 15 is 0 Å². The van der Waals surface area contributed by atoms with Gasteiger partial charge in [0, 0.05) is 6.20 Å². The lowest BCUT2D eigenvalue weighted by molar-refractivity contribution is -0.137. The molecule has 0 aliphatic rings. The first-order valence-corrected chi connectivity index (χ1v) is 4.75. The largest absolute Gasteiger partial charge is 0.465 e. The normalized spacial score (nSPS) is 11.3. The van der Waals surface area contributed by atoms with E-state index in [1.807, 2.05) is 0 Å². The molecule has 0 amide bonds. The number of pyridine rings is 1. The Hall–Kier alpha value is -0.860. The van der Waals surface area contributed by atoms with Crippen LogP contribution in [0.25, 0.3) is 0 Å². The van der Waals surface area contributed by atoms with Crippen LogP contribution in [0.5, 0.6) is 0 Å². The van der Waals surface area contributed by atoms with Gasteiger partial charge in [0.2, 0.25) is 0 Å². The van der Waals surface area contributed by atoms with Crippen molar-refractivity contribution in [1.82, 2.24) is 4.98 Å². The summed E-state index contributed by atoms with van der Waals surface area (Å²) in [5.74, 6) is -0.835. The Balaban J connectivity index is 3.23. The maximum absolute atomic E-state index is 12.3. The zero-order valence-corrected chi connectivity index (χ0v) is 9.59. The fourth-order valence-corrected chi connectivity index (χ4v) is 1.37. The molecule has 0 saturated heterocycles. The minimum Gasteiger partial charge on any atom is -0.465 e. The molecule has 1 rings (SSSR count). The summed E-state index contributed by atoms with van der Waals surface area (Å²) in [6, 6.07) is 0.723. The van der Waals surface area contributed by atoms with E-state index in [-0.39, 0.29) is 9.26 Å². The molecule has 1 heterocycles. The van der Waals surface area contributed by atoms with Crippen LogP contribution in [0.4, 0.5) is 13.2 Å². The number of methoxy groups -OCH3 is 1. The predicted octanol–water partition coefficient (Wildman–Crippen LogP) is 2.49. The third-order valence-electron chi connectivity index (χ3n) is 1.57. The average molecular weight is 331 g/mol. The number of aromatic nitrogens is 1. The topological polar surface area (TPSA) is 39.2 Å². The van der Waals surface area contributed by atoms with Crippen LogP contribution in [0.2, 0.25) is 0 Å². The minimum absolute atomic E-state index is 0.174. The quantitative estimate of drug-likeness (QED) is 0.451. The summed E-state index contributed by atoms with van der Waals surface area (Å²) in [5.41, 5.74) is -1.16. The molecule has 0 saturated carbocycles. The van der Waals surface area contributed by atoms with Crippen molar-refractivity contribution in [2.45, 2.75) is 6.18 Å². The van der Waals surface area contributed by atoms with Crippen LogP contribution >= 0.6 is 22.6 Å². The van der Waals surface area contributed by atoms with Crippen LogP contribution in [0.3, 0.4) is 0 Å². The lowest BCUT2D eigenvalue weighted by Gasteiger charge is -2.08. The van der Waals surface area contributed by atoms with Gasteiger partial charge < -0.3 is 4.74 Å². The molecule has 0 fully saturated rings. The Morgan fingerprint density at radius 2 is 2.13 bits per heavy atom. The van der Waals surface area contributed by atoms with E-state index in [9.17, 15) is 18.0 Å². The first kappa shape index (κ1) is 12.2. The summed E-state index contributed by atoms with van der Waals surface area (Å²) >= 11 is 1.66. The molecule has 0 bridgehead atoms. The maximum atomic E-state index is 12.3. The summed E-state index contributed by atoms with van der Waals surface area (Å²) < 4.78 is 41.3. The second-order valence-electron chi connectivity index (χ2n) is 2.55. The Bertz CT molecular complexity index is 392. The fourth-order valence-electron chi connectivity index (χ4n) is 0.856. The van der Waals surface area contributed by atoms with Gasteiger partial charge in [0.15, 0.2) is 0 Å². The van der Waals surface area contributed by atoms with Gasteiger partial charge in [-0.1, -0.05) is 0 Å². The van der Waals surface area contributed by atoms with Crippen LogP contribution < -0.4 is 0 Å². The second-order valence-corrected chi connectivity index (χ2v) is 3.57. The van der Waals surface area contributed by atoms with E-state index in [2.05, 4.69) is 9.72 Å². The molecule has 0 unspecified atom stereocenters. The van der Waals surface area contributed by atoms with Crippen LogP contribution in [-0.4, -0.2) is 18.1 Å². The molecule has 0 spiro atoms. The number of ether oxygens (including phenoxy) is 1. The molecule has 82 valence electrons. The number of carbonyl (C=O) groups is 1. The van der Waals surface area contributed by atoms with Gasteiger partial charge in [0.25, 0.3) is 0 Å². The molecule has 7 heteroatoms. The lowest BCUT2D eigenvalue weighted by atomic mass is 10.2. The van der Waals surface area contributed by atoms with E-state index in [1.54, 1.807) is 22.6 Å². The van der Waals surface area contributed by atoms with Crippen molar-refractivity contribution in [3.63, 3.8) is 0 Å². The van der Waals surface area contributed by atoms with Gasteiger partial charge in [-0.25, -0.2) is 9.78 Å². The summed E-state index contributed by atoms with van der Waals surface area (Å²) in [4.78, 5) is 14.6.